The zero-order valence-electron chi connectivity index (χ0n) is 19.3. The Morgan fingerprint density at radius 1 is 1.09 bits per heavy atom. The fraction of sp³-hybridized carbons (Fsp3) is 0.435. The molecule has 32 heavy (non-hydrogen) atoms. The molecule has 170 valence electrons. The van der Waals surface area contributed by atoms with E-state index in [0.717, 1.165) is 16.6 Å². The quantitative estimate of drug-likeness (QED) is 0.452. The first-order valence-electron chi connectivity index (χ1n) is 10.5. The molecule has 3 aromatic rings. The zero-order chi connectivity index (χ0) is 23.6. The topological polar surface area (TPSA) is 98.9 Å². The molecule has 1 unspecified atom stereocenters. The Bertz CT molecular complexity index is 1260. The standard InChI is InChI=1S/C23H29N5O3S/c1-14(18(29)24-13-12-15-10-8-7-9-11-15)32-19-16-17(25-21(26-19)23(2,3)4)27(5)22(31)28(6)20(16)30/h7-11,14H,12-13H2,1-6H3,(H,24,29). The second kappa shape index (κ2) is 9.28. The molecule has 0 saturated carbocycles. The Morgan fingerprint density at radius 3 is 2.38 bits per heavy atom. The third-order valence-corrected chi connectivity index (χ3v) is 6.24. The van der Waals surface area contributed by atoms with Crippen LogP contribution >= 0.6 is 11.8 Å². The fourth-order valence-corrected chi connectivity index (χ4v) is 4.15. The second-order valence-electron chi connectivity index (χ2n) is 8.79. The van der Waals surface area contributed by atoms with Gasteiger partial charge in [0.15, 0.2) is 5.65 Å². The van der Waals surface area contributed by atoms with Gasteiger partial charge in [0.2, 0.25) is 5.91 Å². The lowest BCUT2D eigenvalue weighted by atomic mass is 9.96. The highest BCUT2D eigenvalue weighted by Gasteiger charge is 2.25. The van der Waals surface area contributed by atoms with E-state index in [1.807, 2.05) is 51.1 Å². The summed E-state index contributed by atoms with van der Waals surface area (Å²) >= 11 is 1.20. The van der Waals surface area contributed by atoms with Crippen LogP contribution < -0.4 is 16.6 Å². The summed E-state index contributed by atoms with van der Waals surface area (Å²) in [7, 11) is 3.01. The van der Waals surface area contributed by atoms with Crippen molar-refractivity contribution in [3.63, 3.8) is 0 Å². The van der Waals surface area contributed by atoms with E-state index in [0.29, 0.717) is 17.4 Å². The summed E-state index contributed by atoms with van der Waals surface area (Å²) in [6.45, 7) is 8.17. The molecule has 0 fully saturated rings. The summed E-state index contributed by atoms with van der Waals surface area (Å²) < 4.78 is 2.39. The molecule has 0 spiro atoms. The van der Waals surface area contributed by atoms with Crippen LogP contribution in [0.2, 0.25) is 0 Å². The van der Waals surface area contributed by atoms with E-state index in [1.54, 1.807) is 14.0 Å². The fourth-order valence-electron chi connectivity index (χ4n) is 3.19. The maximum Gasteiger partial charge on any atom is 0.332 e. The molecule has 1 atom stereocenters. The highest BCUT2D eigenvalue weighted by atomic mass is 32.2. The molecule has 1 N–H and O–H groups in total. The highest BCUT2D eigenvalue weighted by Crippen LogP contribution is 2.29. The van der Waals surface area contributed by atoms with Gasteiger partial charge in [-0.05, 0) is 18.9 Å². The summed E-state index contributed by atoms with van der Waals surface area (Å²) in [6, 6.07) is 9.93. The van der Waals surface area contributed by atoms with Crippen LogP contribution in [0.4, 0.5) is 0 Å². The molecule has 0 bridgehead atoms. The maximum atomic E-state index is 12.9. The molecule has 9 heteroatoms. The largest absolute Gasteiger partial charge is 0.355 e. The average Bonchev–Trinajstić information content (AvgIpc) is 2.75. The Kier molecular flexibility index (Phi) is 6.88. The summed E-state index contributed by atoms with van der Waals surface area (Å²) in [5.41, 5.74) is 0.0970. The van der Waals surface area contributed by atoms with Gasteiger partial charge >= 0.3 is 5.69 Å². The van der Waals surface area contributed by atoms with E-state index in [9.17, 15) is 14.4 Å². The van der Waals surface area contributed by atoms with Gasteiger partial charge in [-0.1, -0.05) is 62.9 Å². The molecule has 0 aliphatic heterocycles. The second-order valence-corrected chi connectivity index (χ2v) is 10.1. The predicted octanol–water partition coefficient (Wildman–Crippen LogP) is 2.16. The number of amides is 1. The third kappa shape index (κ3) is 4.93. The lowest BCUT2D eigenvalue weighted by Gasteiger charge is -2.20. The highest BCUT2D eigenvalue weighted by molar-refractivity contribution is 8.00. The van der Waals surface area contributed by atoms with E-state index < -0.39 is 21.9 Å². The van der Waals surface area contributed by atoms with Gasteiger partial charge in [0.25, 0.3) is 5.56 Å². The summed E-state index contributed by atoms with van der Waals surface area (Å²) in [5, 5.41) is 3.11. The van der Waals surface area contributed by atoms with Gasteiger partial charge in [-0.2, -0.15) is 0 Å². The number of carbonyl (C=O) groups is 1. The zero-order valence-corrected chi connectivity index (χ0v) is 20.1. The van der Waals surface area contributed by atoms with Crippen molar-refractivity contribution in [2.24, 2.45) is 14.1 Å². The Balaban J connectivity index is 1.92. The molecule has 0 saturated heterocycles. The van der Waals surface area contributed by atoms with Crippen LogP contribution in [0.15, 0.2) is 44.9 Å². The van der Waals surface area contributed by atoms with Crippen molar-refractivity contribution >= 4 is 28.7 Å². The molecule has 0 radical (unpaired) electrons. The van der Waals surface area contributed by atoms with Gasteiger partial charge in [0.1, 0.15) is 16.2 Å². The number of rotatable bonds is 6. The molecular weight excluding hydrogens is 426 g/mol. The van der Waals surface area contributed by atoms with Gasteiger partial charge in [-0.25, -0.2) is 14.8 Å². The third-order valence-electron chi connectivity index (χ3n) is 5.15. The van der Waals surface area contributed by atoms with Gasteiger partial charge in [-0.3, -0.25) is 18.7 Å². The molecule has 1 aromatic carbocycles. The van der Waals surface area contributed by atoms with Crippen LogP contribution in [0, 0.1) is 0 Å². The Labute approximate surface area is 191 Å². The molecule has 0 aliphatic rings. The number of carbonyl (C=O) groups excluding carboxylic acids is 1. The summed E-state index contributed by atoms with van der Waals surface area (Å²) in [5.74, 6) is 0.365. The van der Waals surface area contributed by atoms with Crippen molar-refractivity contribution in [2.45, 2.75) is 49.8 Å². The van der Waals surface area contributed by atoms with E-state index in [1.165, 1.54) is 23.4 Å². The van der Waals surface area contributed by atoms with Crippen molar-refractivity contribution in [2.75, 3.05) is 6.54 Å². The van der Waals surface area contributed by atoms with Crippen LogP contribution in [-0.2, 0) is 30.7 Å². The number of hydrogen-bond acceptors (Lipinski definition) is 6. The molecule has 3 rings (SSSR count). The monoisotopic (exact) mass is 455 g/mol. The first kappa shape index (κ1) is 23.7. The maximum absolute atomic E-state index is 12.9. The average molecular weight is 456 g/mol. The van der Waals surface area contributed by atoms with E-state index >= 15 is 0 Å². The minimum Gasteiger partial charge on any atom is -0.355 e. The smallest absolute Gasteiger partial charge is 0.332 e. The number of nitrogens with one attached hydrogen (secondary N) is 1. The van der Waals surface area contributed by atoms with E-state index in [2.05, 4.69) is 15.3 Å². The van der Waals surface area contributed by atoms with Crippen molar-refractivity contribution in [1.29, 1.82) is 0 Å². The lowest BCUT2D eigenvalue weighted by molar-refractivity contribution is -0.120. The van der Waals surface area contributed by atoms with Crippen molar-refractivity contribution in [1.82, 2.24) is 24.4 Å². The summed E-state index contributed by atoms with van der Waals surface area (Å²) in [4.78, 5) is 47.2. The molecule has 2 aromatic heterocycles. The number of aryl methyl sites for hydroxylation is 1. The van der Waals surface area contributed by atoms with Crippen LogP contribution in [0.25, 0.3) is 11.0 Å². The van der Waals surface area contributed by atoms with Crippen LogP contribution in [-0.4, -0.2) is 36.8 Å². The van der Waals surface area contributed by atoms with Crippen LogP contribution in [0.1, 0.15) is 39.1 Å². The number of benzene rings is 1. The molecular formula is C23H29N5O3S. The number of fused-ring (bicyclic) bond motifs is 1. The lowest BCUT2D eigenvalue weighted by Crippen LogP contribution is -2.38. The predicted molar refractivity (Wildman–Crippen MR) is 127 cm³/mol. The van der Waals surface area contributed by atoms with Gasteiger partial charge in [0.05, 0.1) is 5.25 Å². The van der Waals surface area contributed by atoms with Gasteiger partial charge in [-0.15, -0.1) is 0 Å². The molecule has 1 amide bonds. The van der Waals surface area contributed by atoms with Gasteiger partial charge in [0, 0.05) is 26.1 Å². The minimum absolute atomic E-state index is 0.142. The van der Waals surface area contributed by atoms with E-state index in [4.69, 9.17) is 0 Å². The van der Waals surface area contributed by atoms with Crippen molar-refractivity contribution in [3.8, 4) is 0 Å². The summed E-state index contributed by atoms with van der Waals surface area (Å²) in [6.07, 6.45) is 0.733. The number of nitrogens with zero attached hydrogens (tertiary/aromatic N) is 4. The van der Waals surface area contributed by atoms with Crippen LogP contribution in [0.3, 0.4) is 0 Å². The van der Waals surface area contributed by atoms with Gasteiger partial charge < -0.3 is 5.32 Å². The SMILES string of the molecule is CC(Sc1nc(C(C)(C)C)nc2c1c(=O)n(C)c(=O)n2C)C(=O)NCCc1ccccc1. The number of aromatic nitrogens is 4. The Hall–Kier alpha value is -2.94. The molecule has 2 heterocycles. The molecule has 8 nitrogen and oxygen atoms in total. The van der Waals surface area contributed by atoms with Crippen LogP contribution in [0.5, 0.6) is 0 Å². The number of hydrogen-bond donors (Lipinski definition) is 1. The number of thioether (sulfide) groups is 1. The minimum atomic E-state index is -0.487. The van der Waals surface area contributed by atoms with Crippen molar-refractivity contribution < 1.29 is 4.79 Å². The first-order valence-corrected chi connectivity index (χ1v) is 11.3. The first-order chi connectivity index (χ1) is 15.0. The van der Waals surface area contributed by atoms with E-state index in [-0.39, 0.29) is 16.9 Å². The Morgan fingerprint density at radius 2 is 1.75 bits per heavy atom. The normalized spacial score (nSPS) is 12.7. The van der Waals surface area contributed by atoms with Crippen molar-refractivity contribution in [3.05, 3.63) is 62.6 Å². The molecule has 0 aliphatic carbocycles.